The highest BCUT2D eigenvalue weighted by Crippen LogP contribution is 2.28. The van der Waals surface area contributed by atoms with E-state index in [0.717, 1.165) is 51.2 Å². The largest absolute Gasteiger partial charge is 0.379 e. The van der Waals surface area contributed by atoms with Gasteiger partial charge in [0.1, 0.15) is 5.69 Å². The van der Waals surface area contributed by atoms with Gasteiger partial charge >= 0.3 is 0 Å². The maximum absolute atomic E-state index is 11.1. The maximum atomic E-state index is 11.1. The summed E-state index contributed by atoms with van der Waals surface area (Å²) < 4.78 is 0. The van der Waals surface area contributed by atoms with E-state index in [9.17, 15) is 20.2 Å². The number of nitro groups is 2. The van der Waals surface area contributed by atoms with Gasteiger partial charge in [0.15, 0.2) is 0 Å². The van der Waals surface area contributed by atoms with Gasteiger partial charge in [-0.25, -0.2) is 9.97 Å². The predicted molar refractivity (Wildman–Crippen MR) is 104 cm³/mol. The van der Waals surface area contributed by atoms with Crippen LogP contribution in [0.1, 0.15) is 6.42 Å². The Hall–Kier alpha value is -3.34. The van der Waals surface area contributed by atoms with Crippen molar-refractivity contribution in [2.75, 3.05) is 49.5 Å². The molecule has 1 aromatic heterocycles. The highest BCUT2D eigenvalue weighted by atomic mass is 16.6. The van der Waals surface area contributed by atoms with Crippen molar-refractivity contribution in [3.05, 3.63) is 56.9 Å². The molecular formula is C17H21N7O4. The average Bonchev–Trinajstić information content (AvgIpc) is 2.72. The normalized spacial score (nSPS) is 14.6. The number of rotatable bonds is 8. The lowest BCUT2D eigenvalue weighted by atomic mass is 10.2. The Morgan fingerprint density at radius 3 is 2.39 bits per heavy atom. The number of non-ortho nitro benzene ring substituents is 1. The fourth-order valence-corrected chi connectivity index (χ4v) is 3.09. The van der Waals surface area contributed by atoms with Gasteiger partial charge in [0.05, 0.1) is 15.9 Å². The van der Waals surface area contributed by atoms with Crippen LogP contribution in [0.3, 0.4) is 0 Å². The summed E-state index contributed by atoms with van der Waals surface area (Å²) in [5, 5.41) is 24.9. The van der Waals surface area contributed by atoms with Gasteiger partial charge in [-0.15, -0.1) is 0 Å². The average molecular weight is 387 g/mol. The molecule has 148 valence electrons. The molecule has 28 heavy (non-hydrogen) atoms. The first-order valence-corrected chi connectivity index (χ1v) is 8.95. The molecule has 0 unspecified atom stereocenters. The molecule has 0 aliphatic carbocycles. The van der Waals surface area contributed by atoms with Crippen LogP contribution in [0.15, 0.2) is 36.7 Å². The summed E-state index contributed by atoms with van der Waals surface area (Å²) in [5.41, 5.74) is -0.287. The van der Waals surface area contributed by atoms with Gasteiger partial charge < -0.3 is 10.2 Å². The third-order valence-corrected chi connectivity index (χ3v) is 4.56. The van der Waals surface area contributed by atoms with Gasteiger partial charge in [0.25, 0.3) is 11.4 Å². The smallest absolute Gasteiger partial charge is 0.299 e. The van der Waals surface area contributed by atoms with Crippen LogP contribution in [0.5, 0.6) is 0 Å². The van der Waals surface area contributed by atoms with Crippen LogP contribution in [-0.2, 0) is 0 Å². The van der Waals surface area contributed by atoms with Crippen LogP contribution >= 0.6 is 0 Å². The first kappa shape index (κ1) is 19.4. The molecule has 1 fully saturated rings. The summed E-state index contributed by atoms with van der Waals surface area (Å²) in [6, 6.07) is 5.42. The number of hydrogen-bond donors (Lipinski definition) is 1. The van der Waals surface area contributed by atoms with Gasteiger partial charge in [-0.2, -0.15) is 0 Å². The second kappa shape index (κ2) is 9.04. The van der Waals surface area contributed by atoms with E-state index in [-0.39, 0.29) is 11.4 Å². The first-order valence-electron chi connectivity index (χ1n) is 8.95. The molecule has 0 atom stereocenters. The van der Waals surface area contributed by atoms with Crippen molar-refractivity contribution in [1.29, 1.82) is 0 Å². The van der Waals surface area contributed by atoms with Gasteiger partial charge in [0, 0.05) is 51.2 Å². The molecule has 11 nitrogen and oxygen atoms in total. The van der Waals surface area contributed by atoms with E-state index < -0.39 is 9.85 Å². The highest BCUT2D eigenvalue weighted by Gasteiger charge is 2.20. The minimum atomic E-state index is -0.642. The van der Waals surface area contributed by atoms with Crippen molar-refractivity contribution < 1.29 is 9.85 Å². The summed E-state index contributed by atoms with van der Waals surface area (Å²) in [4.78, 5) is 33.7. The van der Waals surface area contributed by atoms with Crippen LogP contribution < -0.4 is 10.2 Å². The minimum Gasteiger partial charge on any atom is -0.379 e. The van der Waals surface area contributed by atoms with Crippen LogP contribution in [0, 0.1) is 20.2 Å². The fraction of sp³-hybridized carbons (Fsp3) is 0.412. The number of nitrogens with zero attached hydrogens (tertiary/aromatic N) is 6. The van der Waals surface area contributed by atoms with E-state index in [1.165, 1.54) is 12.1 Å². The highest BCUT2D eigenvalue weighted by molar-refractivity contribution is 5.65. The Labute approximate surface area is 161 Å². The standard InChI is InChI=1S/C17H21N7O4/c25-23(26)14-3-4-15(16(13-14)24(27)28)18-7-2-8-21-9-11-22(12-10-21)17-19-5-1-6-20-17/h1,3-6,13,18H,2,7-12H2. The number of nitro benzene ring substituents is 2. The van der Waals surface area contributed by atoms with E-state index in [1.54, 1.807) is 18.5 Å². The van der Waals surface area contributed by atoms with Crippen molar-refractivity contribution in [3.8, 4) is 0 Å². The summed E-state index contributed by atoms with van der Waals surface area (Å²) in [6.07, 6.45) is 4.27. The summed E-state index contributed by atoms with van der Waals surface area (Å²) >= 11 is 0. The van der Waals surface area contributed by atoms with Gasteiger partial charge in [-0.05, 0) is 25.1 Å². The SMILES string of the molecule is O=[N+]([O-])c1ccc(NCCCN2CCN(c3ncccn3)CC2)c([N+](=O)[O-])c1. The fourth-order valence-electron chi connectivity index (χ4n) is 3.09. The molecular weight excluding hydrogens is 366 g/mol. The molecule has 0 amide bonds. The van der Waals surface area contributed by atoms with E-state index in [1.807, 2.05) is 0 Å². The van der Waals surface area contributed by atoms with E-state index in [2.05, 4.69) is 25.1 Å². The zero-order valence-electron chi connectivity index (χ0n) is 15.2. The van der Waals surface area contributed by atoms with E-state index in [4.69, 9.17) is 0 Å². The number of hydrogen-bond acceptors (Lipinski definition) is 9. The zero-order valence-corrected chi connectivity index (χ0v) is 15.2. The van der Waals surface area contributed by atoms with E-state index >= 15 is 0 Å². The molecule has 1 N–H and O–H groups in total. The maximum Gasteiger partial charge on any atom is 0.299 e. The summed E-state index contributed by atoms with van der Waals surface area (Å²) in [5.74, 6) is 0.745. The lowest BCUT2D eigenvalue weighted by Crippen LogP contribution is -2.47. The molecule has 0 saturated carbocycles. The molecule has 1 aliphatic heterocycles. The minimum absolute atomic E-state index is 0.286. The Balaban J connectivity index is 1.44. The van der Waals surface area contributed by atoms with Gasteiger partial charge in [0.2, 0.25) is 5.95 Å². The van der Waals surface area contributed by atoms with Crippen LogP contribution in [0.2, 0.25) is 0 Å². The number of aromatic nitrogens is 2. The van der Waals surface area contributed by atoms with E-state index in [0.29, 0.717) is 12.2 Å². The first-order chi connectivity index (χ1) is 13.5. The number of nitrogens with one attached hydrogen (secondary N) is 1. The number of anilines is 2. The second-order valence-corrected chi connectivity index (χ2v) is 6.37. The molecule has 0 bridgehead atoms. The molecule has 1 aromatic carbocycles. The topological polar surface area (TPSA) is 131 Å². The molecule has 1 saturated heterocycles. The number of piperazine rings is 1. The molecule has 11 heteroatoms. The molecule has 0 radical (unpaired) electrons. The Morgan fingerprint density at radius 2 is 1.75 bits per heavy atom. The third-order valence-electron chi connectivity index (χ3n) is 4.56. The predicted octanol–water partition coefficient (Wildman–Crippen LogP) is 1.92. The monoisotopic (exact) mass is 387 g/mol. The lowest BCUT2D eigenvalue weighted by Gasteiger charge is -2.34. The zero-order chi connectivity index (χ0) is 19.9. The van der Waals surface area contributed by atoms with Crippen molar-refractivity contribution in [2.45, 2.75) is 6.42 Å². The van der Waals surface area contributed by atoms with Crippen molar-refractivity contribution in [1.82, 2.24) is 14.9 Å². The summed E-state index contributed by atoms with van der Waals surface area (Å²) in [7, 11) is 0. The Bertz CT molecular complexity index is 826. The van der Waals surface area contributed by atoms with Gasteiger partial charge in [-0.3, -0.25) is 25.1 Å². The quantitative estimate of drug-likeness (QED) is 0.410. The van der Waals surface area contributed by atoms with Crippen LogP contribution in [-0.4, -0.2) is 64.0 Å². The van der Waals surface area contributed by atoms with Crippen molar-refractivity contribution >= 4 is 23.0 Å². The molecule has 3 rings (SSSR count). The molecule has 2 heterocycles. The van der Waals surface area contributed by atoms with Gasteiger partial charge in [-0.1, -0.05) is 0 Å². The second-order valence-electron chi connectivity index (χ2n) is 6.37. The summed E-state index contributed by atoms with van der Waals surface area (Å²) in [6.45, 7) is 4.90. The van der Waals surface area contributed by atoms with Crippen molar-refractivity contribution in [2.24, 2.45) is 0 Å². The molecule has 1 aliphatic rings. The number of benzene rings is 1. The van der Waals surface area contributed by atoms with Crippen molar-refractivity contribution in [3.63, 3.8) is 0 Å². The third kappa shape index (κ3) is 4.88. The molecule has 0 spiro atoms. The Kier molecular flexibility index (Phi) is 6.27. The Morgan fingerprint density at radius 1 is 1.04 bits per heavy atom. The molecule has 2 aromatic rings. The van der Waals surface area contributed by atoms with Crippen LogP contribution in [0.25, 0.3) is 0 Å². The van der Waals surface area contributed by atoms with Crippen LogP contribution in [0.4, 0.5) is 23.0 Å². The lowest BCUT2D eigenvalue weighted by molar-refractivity contribution is -0.393.